The molecule has 3 rings (SSSR count). The molecular weight excluding hydrogens is 378 g/mol. The van der Waals surface area contributed by atoms with Crippen LogP contribution in [0.4, 0.5) is 4.79 Å². The molecule has 142 valence electrons. The summed E-state index contributed by atoms with van der Waals surface area (Å²) in [5.41, 5.74) is 1.95. The standard InChI is InChI=1S/C21H18ClN3O3/c22-19-8-6-7-17-15-25(16-18(17)19)21(26)28-20-9-2-4-11-24-13-12-23-10-3-1-5-14-27-20/h1-14H,15-16H2/b3-1-,4-2-,13-12-,14-5-,20-9+,23-10-,24-11-. The number of aliphatic imine (C=N–C) groups is 2. The molecule has 0 fully saturated rings. The van der Waals surface area contributed by atoms with Gasteiger partial charge in [0, 0.05) is 42.5 Å². The number of ether oxygens (including phenoxy) is 2. The SMILES string of the molecule is O=C(O/C1=C/C=C\C=N/C=C\N=C/C=C\C=C/O1)N1Cc2cccc(Cl)c2C1. The smallest absolute Gasteiger partial charge is 0.418 e. The van der Waals surface area contributed by atoms with Crippen molar-refractivity contribution in [1.29, 1.82) is 0 Å². The van der Waals surface area contributed by atoms with Gasteiger partial charge in [-0.3, -0.25) is 14.9 Å². The molecule has 0 atom stereocenters. The second kappa shape index (κ2) is 10.1. The van der Waals surface area contributed by atoms with E-state index in [0.29, 0.717) is 18.1 Å². The minimum atomic E-state index is -0.516. The van der Waals surface area contributed by atoms with Crippen LogP contribution in [0.2, 0.25) is 5.02 Å². The topological polar surface area (TPSA) is 63.5 Å². The molecule has 1 aromatic carbocycles. The number of carbonyl (C=O) groups is 1. The second-order valence-electron chi connectivity index (χ2n) is 5.70. The molecule has 6 nitrogen and oxygen atoms in total. The Labute approximate surface area is 168 Å². The number of amides is 1. The monoisotopic (exact) mass is 395 g/mol. The number of rotatable bonds is 1. The van der Waals surface area contributed by atoms with Crippen molar-refractivity contribution in [3.63, 3.8) is 0 Å². The zero-order valence-electron chi connectivity index (χ0n) is 14.9. The fourth-order valence-corrected chi connectivity index (χ4v) is 2.74. The zero-order chi connectivity index (χ0) is 19.6. The third-order valence-electron chi connectivity index (χ3n) is 3.78. The minimum Gasteiger partial charge on any atom is -0.434 e. The average Bonchev–Trinajstić information content (AvgIpc) is 3.12. The molecule has 1 amide bonds. The third kappa shape index (κ3) is 5.56. The van der Waals surface area contributed by atoms with Crippen LogP contribution in [-0.2, 0) is 22.6 Å². The van der Waals surface area contributed by atoms with E-state index in [2.05, 4.69) is 9.98 Å². The van der Waals surface area contributed by atoms with Crippen LogP contribution in [0.1, 0.15) is 11.1 Å². The predicted octanol–water partition coefficient (Wildman–Crippen LogP) is 4.90. The van der Waals surface area contributed by atoms with Crippen molar-refractivity contribution in [2.24, 2.45) is 9.98 Å². The summed E-state index contributed by atoms with van der Waals surface area (Å²) in [6, 6.07) is 5.63. The van der Waals surface area contributed by atoms with E-state index in [1.165, 1.54) is 12.3 Å². The third-order valence-corrected chi connectivity index (χ3v) is 4.14. The highest BCUT2D eigenvalue weighted by molar-refractivity contribution is 6.31. The molecule has 0 saturated heterocycles. The molecule has 2 aliphatic rings. The summed E-state index contributed by atoms with van der Waals surface area (Å²) in [5, 5.41) is 0.645. The van der Waals surface area contributed by atoms with Gasteiger partial charge in [-0.25, -0.2) is 4.79 Å². The minimum absolute atomic E-state index is 0.0421. The maximum absolute atomic E-state index is 12.5. The Balaban J connectivity index is 1.69. The lowest BCUT2D eigenvalue weighted by Gasteiger charge is -2.15. The van der Waals surface area contributed by atoms with Gasteiger partial charge in [0.25, 0.3) is 5.95 Å². The maximum atomic E-state index is 12.5. The van der Waals surface area contributed by atoms with E-state index in [1.807, 2.05) is 18.2 Å². The number of carbonyl (C=O) groups excluding carboxylic acids is 1. The van der Waals surface area contributed by atoms with Crippen LogP contribution in [0, 0.1) is 0 Å². The molecule has 0 aromatic heterocycles. The first-order valence-corrected chi connectivity index (χ1v) is 8.91. The van der Waals surface area contributed by atoms with Crippen molar-refractivity contribution in [1.82, 2.24) is 4.90 Å². The normalized spacial score (nSPS) is 24.9. The highest BCUT2D eigenvalue weighted by Gasteiger charge is 2.27. The summed E-state index contributed by atoms with van der Waals surface area (Å²) < 4.78 is 10.8. The van der Waals surface area contributed by atoms with E-state index in [4.69, 9.17) is 21.1 Å². The highest BCUT2D eigenvalue weighted by Crippen LogP contribution is 2.29. The van der Waals surface area contributed by atoms with Gasteiger partial charge in [-0.1, -0.05) is 35.9 Å². The zero-order valence-corrected chi connectivity index (χ0v) is 15.7. The Morgan fingerprint density at radius 1 is 1.04 bits per heavy atom. The van der Waals surface area contributed by atoms with Gasteiger partial charge >= 0.3 is 6.09 Å². The van der Waals surface area contributed by atoms with Crippen LogP contribution >= 0.6 is 11.6 Å². The Hall–Kier alpha value is -3.38. The Kier molecular flexibility index (Phi) is 6.98. The van der Waals surface area contributed by atoms with Crippen LogP contribution < -0.4 is 0 Å². The van der Waals surface area contributed by atoms with Gasteiger partial charge in [-0.05, 0) is 35.4 Å². The van der Waals surface area contributed by atoms with Crippen molar-refractivity contribution in [2.75, 3.05) is 0 Å². The van der Waals surface area contributed by atoms with Crippen molar-refractivity contribution in [2.45, 2.75) is 13.1 Å². The number of benzene rings is 1. The summed E-state index contributed by atoms with van der Waals surface area (Å²) in [6.07, 6.45) is 17.2. The first-order valence-electron chi connectivity index (χ1n) is 8.54. The Morgan fingerprint density at radius 3 is 2.61 bits per heavy atom. The van der Waals surface area contributed by atoms with E-state index in [-0.39, 0.29) is 5.95 Å². The fourth-order valence-electron chi connectivity index (χ4n) is 2.48. The number of hydrogen-bond donors (Lipinski definition) is 0. The van der Waals surface area contributed by atoms with E-state index >= 15 is 0 Å². The van der Waals surface area contributed by atoms with Gasteiger partial charge < -0.3 is 9.47 Å². The number of allylic oxidation sites excluding steroid dienone is 6. The van der Waals surface area contributed by atoms with E-state index in [0.717, 1.165) is 11.1 Å². The molecule has 0 unspecified atom stereocenters. The van der Waals surface area contributed by atoms with Crippen LogP contribution in [0.25, 0.3) is 0 Å². The quantitative estimate of drug-likeness (QED) is 0.679. The highest BCUT2D eigenvalue weighted by atomic mass is 35.5. The molecule has 2 aliphatic heterocycles. The Morgan fingerprint density at radius 2 is 1.82 bits per heavy atom. The number of hydrogen-bond acceptors (Lipinski definition) is 5. The molecule has 1 aromatic rings. The van der Waals surface area contributed by atoms with Crippen molar-refractivity contribution < 1.29 is 14.3 Å². The summed E-state index contributed by atoms with van der Waals surface area (Å²) in [6.45, 7) is 0.836. The molecule has 0 radical (unpaired) electrons. The molecular formula is C21H18ClN3O3. The molecule has 28 heavy (non-hydrogen) atoms. The average molecular weight is 396 g/mol. The molecule has 0 N–H and O–H groups in total. The van der Waals surface area contributed by atoms with Gasteiger partial charge in [-0.2, -0.15) is 0 Å². The molecule has 0 spiro atoms. The molecule has 2 heterocycles. The van der Waals surface area contributed by atoms with E-state index < -0.39 is 6.09 Å². The van der Waals surface area contributed by atoms with Gasteiger partial charge in [0.2, 0.25) is 0 Å². The van der Waals surface area contributed by atoms with E-state index in [1.54, 1.807) is 60.1 Å². The van der Waals surface area contributed by atoms with Crippen molar-refractivity contribution in [3.05, 3.63) is 95.4 Å². The predicted molar refractivity (Wildman–Crippen MR) is 110 cm³/mol. The number of fused-ring (bicyclic) bond motifs is 1. The lowest BCUT2D eigenvalue weighted by molar-refractivity contribution is 0.0783. The maximum Gasteiger partial charge on any atom is 0.418 e. The summed E-state index contributed by atoms with van der Waals surface area (Å²) in [7, 11) is 0. The number of nitrogens with zero attached hydrogens (tertiary/aromatic N) is 3. The summed E-state index contributed by atoms with van der Waals surface area (Å²) in [4.78, 5) is 22.1. The molecule has 0 aliphatic carbocycles. The first-order chi connectivity index (χ1) is 13.7. The van der Waals surface area contributed by atoms with Crippen LogP contribution in [0.15, 0.2) is 89.2 Å². The molecule has 0 saturated carbocycles. The summed E-state index contributed by atoms with van der Waals surface area (Å²) >= 11 is 6.20. The van der Waals surface area contributed by atoms with Crippen molar-refractivity contribution >= 4 is 30.1 Å². The van der Waals surface area contributed by atoms with Gasteiger partial charge in [0.1, 0.15) is 0 Å². The van der Waals surface area contributed by atoms with Gasteiger partial charge in [0.15, 0.2) is 0 Å². The van der Waals surface area contributed by atoms with Gasteiger partial charge in [-0.15, -0.1) is 0 Å². The molecule has 0 bridgehead atoms. The Bertz CT molecular complexity index is 927. The lowest BCUT2D eigenvalue weighted by Crippen LogP contribution is -2.26. The summed E-state index contributed by atoms with van der Waals surface area (Å²) in [5.74, 6) is 0.0421. The van der Waals surface area contributed by atoms with E-state index in [9.17, 15) is 4.79 Å². The van der Waals surface area contributed by atoms with Crippen LogP contribution in [0.3, 0.4) is 0 Å². The largest absolute Gasteiger partial charge is 0.434 e. The fraction of sp³-hybridized carbons (Fsp3) is 0.0952. The second-order valence-corrected chi connectivity index (χ2v) is 6.11. The van der Waals surface area contributed by atoms with Crippen LogP contribution in [0.5, 0.6) is 0 Å². The lowest BCUT2D eigenvalue weighted by atomic mass is 10.1. The first kappa shape index (κ1) is 19.4. The van der Waals surface area contributed by atoms with Crippen LogP contribution in [-0.4, -0.2) is 23.4 Å². The number of halogens is 1. The molecule has 7 heteroatoms. The van der Waals surface area contributed by atoms with Gasteiger partial charge in [0.05, 0.1) is 12.8 Å². The van der Waals surface area contributed by atoms with Crippen molar-refractivity contribution in [3.8, 4) is 0 Å².